The van der Waals surface area contributed by atoms with E-state index in [1.807, 2.05) is 41.3 Å². The van der Waals surface area contributed by atoms with Gasteiger partial charge in [-0.1, -0.05) is 48.0 Å². The molecule has 2 heteroatoms. The Labute approximate surface area is 125 Å². The highest BCUT2D eigenvalue weighted by atomic mass is 16.2. The van der Waals surface area contributed by atoms with Crippen LogP contribution in [0.25, 0.3) is 6.08 Å². The van der Waals surface area contributed by atoms with E-state index in [9.17, 15) is 4.79 Å². The van der Waals surface area contributed by atoms with Gasteiger partial charge in [-0.15, -0.1) is 0 Å². The van der Waals surface area contributed by atoms with E-state index >= 15 is 0 Å². The maximum absolute atomic E-state index is 12.5. The van der Waals surface area contributed by atoms with E-state index in [-0.39, 0.29) is 11.9 Å². The predicted octanol–water partition coefficient (Wildman–Crippen LogP) is 3.99. The highest BCUT2D eigenvalue weighted by molar-refractivity contribution is 6.05. The van der Waals surface area contributed by atoms with Crippen molar-refractivity contribution in [1.82, 2.24) is 0 Å². The lowest BCUT2D eigenvalue weighted by molar-refractivity contribution is -0.114. The fraction of sp³-hybridized carbons (Fsp3) is 0.211. The molecule has 1 atom stereocenters. The minimum Gasteiger partial charge on any atom is -0.305 e. The van der Waals surface area contributed by atoms with Gasteiger partial charge in [0, 0.05) is 17.8 Å². The van der Waals surface area contributed by atoms with Crippen LogP contribution in [0.2, 0.25) is 0 Å². The van der Waals surface area contributed by atoms with E-state index < -0.39 is 0 Å². The molecule has 0 spiro atoms. The number of rotatable bonds is 2. The smallest absolute Gasteiger partial charge is 0.251 e. The van der Waals surface area contributed by atoms with Crippen molar-refractivity contribution in [2.75, 3.05) is 4.90 Å². The quantitative estimate of drug-likeness (QED) is 0.760. The first-order chi connectivity index (χ1) is 10.1. The number of carbonyl (C=O) groups excluding carboxylic acids is 1. The predicted molar refractivity (Wildman–Crippen MR) is 87.3 cm³/mol. The molecule has 1 unspecified atom stereocenters. The first-order valence-corrected chi connectivity index (χ1v) is 7.31. The van der Waals surface area contributed by atoms with Crippen molar-refractivity contribution >= 4 is 17.7 Å². The molecule has 3 rings (SSSR count). The summed E-state index contributed by atoms with van der Waals surface area (Å²) >= 11 is 0. The second-order valence-electron chi connectivity index (χ2n) is 5.63. The summed E-state index contributed by atoms with van der Waals surface area (Å²) in [5, 5.41) is 0. The summed E-state index contributed by atoms with van der Waals surface area (Å²) in [6.07, 6.45) is 4.49. The molecule has 2 aromatic rings. The lowest BCUT2D eigenvalue weighted by atomic mass is 10.1. The van der Waals surface area contributed by atoms with Crippen LogP contribution in [-0.4, -0.2) is 11.9 Å². The first-order valence-electron chi connectivity index (χ1n) is 7.31. The lowest BCUT2D eigenvalue weighted by Gasteiger charge is -2.20. The van der Waals surface area contributed by atoms with Crippen LogP contribution >= 0.6 is 0 Å². The number of benzene rings is 2. The van der Waals surface area contributed by atoms with E-state index in [0.29, 0.717) is 0 Å². The van der Waals surface area contributed by atoms with Crippen LogP contribution in [-0.2, 0) is 11.2 Å². The lowest BCUT2D eigenvalue weighted by Crippen LogP contribution is -2.34. The molecule has 106 valence electrons. The van der Waals surface area contributed by atoms with Gasteiger partial charge in [-0.05, 0) is 43.5 Å². The molecule has 0 fully saturated rings. The van der Waals surface area contributed by atoms with Crippen LogP contribution in [0.15, 0.2) is 54.6 Å². The van der Waals surface area contributed by atoms with Crippen molar-refractivity contribution in [3.8, 4) is 0 Å². The maximum Gasteiger partial charge on any atom is 0.251 e. The number of para-hydroxylation sites is 1. The third-order valence-electron chi connectivity index (χ3n) is 3.94. The number of hydrogen-bond donors (Lipinski definition) is 0. The summed E-state index contributed by atoms with van der Waals surface area (Å²) in [4.78, 5) is 14.4. The summed E-state index contributed by atoms with van der Waals surface area (Å²) in [6.45, 7) is 4.15. The zero-order chi connectivity index (χ0) is 14.8. The summed E-state index contributed by atoms with van der Waals surface area (Å²) in [5.41, 5.74) is 4.57. The van der Waals surface area contributed by atoms with Gasteiger partial charge >= 0.3 is 0 Å². The fourth-order valence-electron chi connectivity index (χ4n) is 2.83. The van der Waals surface area contributed by atoms with E-state index in [1.165, 1.54) is 11.1 Å². The number of aryl methyl sites for hydroxylation is 1. The highest BCUT2D eigenvalue weighted by Gasteiger charge is 2.28. The Bertz CT molecular complexity index is 685. The fourth-order valence-corrected chi connectivity index (χ4v) is 2.83. The number of fused-ring (bicyclic) bond motifs is 1. The molecule has 2 nitrogen and oxygen atoms in total. The van der Waals surface area contributed by atoms with Crippen molar-refractivity contribution < 1.29 is 4.79 Å². The van der Waals surface area contributed by atoms with Gasteiger partial charge < -0.3 is 4.90 Å². The van der Waals surface area contributed by atoms with Gasteiger partial charge in [-0.3, -0.25) is 4.79 Å². The molecule has 0 saturated heterocycles. The molecular weight excluding hydrogens is 258 g/mol. The van der Waals surface area contributed by atoms with Crippen LogP contribution in [0.3, 0.4) is 0 Å². The third-order valence-corrected chi connectivity index (χ3v) is 3.94. The molecule has 0 N–H and O–H groups in total. The third kappa shape index (κ3) is 2.75. The molecule has 1 aliphatic rings. The van der Waals surface area contributed by atoms with Crippen molar-refractivity contribution in [1.29, 1.82) is 0 Å². The summed E-state index contributed by atoms with van der Waals surface area (Å²) in [5.74, 6) is 0.0491. The van der Waals surface area contributed by atoms with Crippen molar-refractivity contribution in [2.45, 2.75) is 26.3 Å². The van der Waals surface area contributed by atoms with Crippen LogP contribution in [0.5, 0.6) is 0 Å². The maximum atomic E-state index is 12.5. The van der Waals surface area contributed by atoms with Gasteiger partial charge in [-0.25, -0.2) is 0 Å². The van der Waals surface area contributed by atoms with E-state index in [4.69, 9.17) is 0 Å². The number of carbonyl (C=O) groups is 1. The van der Waals surface area contributed by atoms with Crippen molar-refractivity contribution in [3.05, 3.63) is 71.3 Å². The number of anilines is 1. The Kier molecular flexibility index (Phi) is 3.61. The van der Waals surface area contributed by atoms with Crippen LogP contribution in [0, 0.1) is 6.92 Å². The number of hydrogen-bond acceptors (Lipinski definition) is 1. The Morgan fingerprint density at radius 3 is 2.62 bits per heavy atom. The standard InChI is InChI=1S/C19H19NO/c1-14-7-9-16(10-8-14)11-12-19(21)20-15(2)13-17-5-3-4-6-18(17)20/h3-12,15H,13H2,1-2H3/b12-11+. The normalized spacial score (nSPS) is 17.2. The number of amides is 1. The highest BCUT2D eigenvalue weighted by Crippen LogP contribution is 2.31. The Morgan fingerprint density at radius 1 is 1.14 bits per heavy atom. The zero-order valence-electron chi connectivity index (χ0n) is 12.4. The second-order valence-corrected chi connectivity index (χ2v) is 5.63. The van der Waals surface area contributed by atoms with Crippen molar-refractivity contribution in [2.24, 2.45) is 0 Å². The topological polar surface area (TPSA) is 20.3 Å². The largest absolute Gasteiger partial charge is 0.305 e. The molecule has 2 aromatic carbocycles. The second kappa shape index (κ2) is 5.57. The molecule has 0 aromatic heterocycles. The molecule has 1 heterocycles. The van der Waals surface area contributed by atoms with Crippen molar-refractivity contribution in [3.63, 3.8) is 0 Å². The van der Waals surface area contributed by atoms with E-state index in [0.717, 1.165) is 17.7 Å². The van der Waals surface area contributed by atoms with Crippen LogP contribution in [0.4, 0.5) is 5.69 Å². The van der Waals surface area contributed by atoms with E-state index in [1.54, 1.807) is 6.08 Å². The molecule has 0 bridgehead atoms. The average molecular weight is 277 g/mol. The van der Waals surface area contributed by atoms with Gasteiger partial charge in [0.05, 0.1) is 0 Å². The zero-order valence-corrected chi connectivity index (χ0v) is 12.4. The minimum atomic E-state index is 0.0491. The van der Waals surface area contributed by atoms with E-state index in [2.05, 4.69) is 32.0 Å². The molecule has 1 amide bonds. The summed E-state index contributed by atoms with van der Waals surface area (Å²) in [7, 11) is 0. The monoisotopic (exact) mass is 277 g/mol. The summed E-state index contributed by atoms with van der Waals surface area (Å²) < 4.78 is 0. The Morgan fingerprint density at radius 2 is 1.86 bits per heavy atom. The van der Waals surface area contributed by atoms with Crippen LogP contribution < -0.4 is 4.90 Å². The number of nitrogens with zero attached hydrogens (tertiary/aromatic N) is 1. The van der Waals surface area contributed by atoms with Gasteiger partial charge in [0.25, 0.3) is 5.91 Å². The molecule has 0 radical (unpaired) electrons. The SMILES string of the molecule is Cc1ccc(/C=C/C(=O)N2c3ccccc3CC2C)cc1. The Balaban J connectivity index is 1.81. The average Bonchev–Trinajstić information content (AvgIpc) is 2.82. The van der Waals surface area contributed by atoms with Gasteiger partial charge in [-0.2, -0.15) is 0 Å². The van der Waals surface area contributed by atoms with Gasteiger partial charge in [0.1, 0.15) is 0 Å². The molecule has 21 heavy (non-hydrogen) atoms. The molecule has 0 saturated carbocycles. The minimum absolute atomic E-state index is 0.0491. The molecule has 0 aliphatic carbocycles. The van der Waals surface area contributed by atoms with Gasteiger partial charge in [0.2, 0.25) is 0 Å². The Hall–Kier alpha value is -2.35. The summed E-state index contributed by atoms with van der Waals surface area (Å²) in [6, 6.07) is 16.5. The molecule has 1 aliphatic heterocycles. The first kappa shape index (κ1) is 13.6. The van der Waals surface area contributed by atoms with Gasteiger partial charge in [0.15, 0.2) is 0 Å². The van der Waals surface area contributed by atoms with Crippen LogP contribution in [0.1, 0.15) is 23.6 Å². The molecular formula is C19H19NO.